The number of fused-ring (bicyclic) bond motifs is 2. The normalized spacial score (nSPS) is 43.9. The van der Waals surface area contributed by atoms with Crippen LogP contribution in [-0.2, 0) is 47.1 Å². The molecule has 4 rings (SSSR count). The van der Waals surface area contributed by atoms with Gasteiger partial charge in [-0.25, -0.2) is 0 Å². The molecule has 0 aromatic rings. The quantitative estimate of drug-likeness (QED) is 0.277. The van der Waals surface area contributed by atoms with Gasteiger partial charge in [0.2, 0.25) is 6.29 Å². The average molecular weight is 722 g/mol. The minimum absolute atomic E-state index is 0. The minimum Gasteiger partial charge on any atom is 0 e. The van der Waals surface area contributed by atoms with Crippen LogP contribution in [0.25, 0.3) is 0 Å². The van der Waals surface area contributed by atoms with E-state index >= 15 is 0 Å². The number of carbonyl (C=O) groups is 2. The maximum Gasteiger partial charge on any atom is 0 e. The SMILES string of the molecule is CC1C(O)OC(=O)[C@H]2[C@@H]1CC[C@@H]2C.CC1OC(=O)[C@H]2[C@H](CC[C@@H]2C)C1C.[I][V][I].[V]. The van der Waals surface area contributed by atoms with Gasteiger partial charge in [0.25, 0.3) is 0 Å². The molecule has 4 fully saturated rings. The topological polar surface area (TPSA) is 72.8 Å². The molecule has 2 saturated heterocycles. The standard InChI is InChI=1S/C11H18O2.C10H16O3.2HI.2V/c1-6-4-5-9-7(2)8(3)13-11(12)10(6)9;1-5-3-4-7-6(2)9(11)13-10(12)8(5)7;;;;/h6-10H,4-5H2,1-3H3;5-9,11H,3-4H2,1-2H3;2*1H;;/q;;;;;+2/p-2/t6-,7?,8?,9+,10+;5-,6?,7+,8+,9?;;;;/m00..../s1. The second-order valence-electron chi connectivity index (χ2n) is 9.24. The van der Waals surface area contributed by atoms with Gasteiger partial charge in [-0.2, -0.15) is 0 Å². The van der Waals surface area contributed by atoms with Crippen LogP contribution in [0.5, 0.6) is 0 Å². The van der Waals surface area contributed by atoms with Gasteiger partial charge in [-0.1, -0.05) is 27.7 Å². The number of halogens is 2. The van der Waals surface area contributed by atoms with Crippen LogP contribution in [0.4, 0.5) is 0 Å². The summed E-state index contributed by atoms with van der Waals surface area (Å²) < 4.78 is 10.2. The molecular formula is C21H34I2O5V2. The molecule has 30 heavy (non-hydrogen) atoms. The molecule has 172 valence electrons. The molecule has 4 aliphatic rings. The van der Waals surface area contributed by atoms with Crippen LogP contribution in [-0.4, -0.2) is 29.4 Å². The molecular weight excluding hydrogens is 688 g/mol. The maximum absolute atomic E-state index is 11.6. The second kappa shape index (κ2) is 13.4. The molecule has 5 nitrogen and oxygen atoms in total. The van der Waals surface area contributed by atoms with Gasteiger partial charge in [-0.15, -0.1) is 0 Å². The van der Waals surface area contributed by atoms with Crippen molar-refractivity contribution >= 4 is 51.9 Å². The molecule has 4 unspecified atom stereocenters. The van der Waals surface area contributed by atoms with E-state index in [4.69, 9.17) is 9.47 Å². The number of esters is 2. The summed E-state index contributed by atoms with van der Waals surface area (Å²) in [5.74, 6) is 2.64. The third kappa shape index (κ3) is 6.78. The van der Waals surface area contributed by atoms with E-state index in [2.05, 4.69) is 60.7 Å². The van der Waals surface area contributed by atoms with Gasteiger partial charge in [-0.05, 0) is 62.2 Å². The number of cyclic esters (lactones) is 2. The van der Waals surface area contributed by atoms with Gasteiger partial charge >= 0.3 is 61.4 Å². The Morgan fingerprint density at radius 2 is 1.20 bits per heavy atom. The van der Waals surface area contributed by atoms with Crippen molar-refractivity contribution in [1.29, 1.82) is 0 Å². The molecule has 2 heterocycles. The van der Waals surface area contributed by atoms with Gasteiger partial charge in [0.1, 0.15) is 6.10 Å². The molecule has 2 saturated carbocycles. The van der Waals surface area contributed by atoms with Crippen molar-refractivity contribution in [3.8, 4) is 0 Å². The first-order valence-electron chi connectivity index (χ1n) is 10.6. The first-order valence-corrected chi connectivity index (χ1v) is 19.7. The summed E-state index contributed by atoms with van der Waals surface area (Å²) >= 11 is 4.74. The molecule has 1 radical (unpaired) electrons. The molecule has 0 aromatic carbocycles. The molecule has 0 amide bonds. The largest absolute Gasteiger partial charge is 0 e. The van der Waals surface area contributed by atoms with Gasteiger partial charge in [0.05, 0.1) is 11.8 Å². The van der Waals surface area contributed by atoms with Crippen molar-refractivity contribution in [1.82, 2.24) is 0 Å². The Labute approximate surface area is 222 Å². The van der Waals surface area contributed by atoms with Crippen LogP contribution in [0.1, 0.15) is 60.3 Å². The van der Waals surface area contributed by atoms with Gasteiger partial charge in [0, 0.05) is 24.5 Å². The Morgan fingerprint density at radius 1 is 0.800 bits per heavy atom. The fourth-order valence-electron chi connectivity index (χ4n) is 5.70. The summed E-state index contributed by atoms with van der Waals surface area (Å²) in [6, 6.07) is 0. The summed E-state index contributed by atoms with van der Waals surface area (Å²) in [6.07, 6.45) is 3.80. The molecule has 0 aromatic heterocycles. The molecule has 9 heteroatoms. The number of carbonyl (C=O) groups excluding carboxylic acids is 2. The smallest absolute Gasteiger partial charge is 0 e. The van der Waals surface area contributed by atoms with Crippen molar-refractivity contribution in [2.24, 2.45) is 47.3 Å². The predicted octanol–water partition coefficient (Wildman–Crippen LogP) is 5.16. The van der Waals surface area contributed by atoms with Crippen LogP contribution < -0.4 is 0 Å². The fraction of sp³-hybridized carbons (Fsp3) is 0.905. The van der Waals surface area contributed by atoms with E-state index in [1.165, 1.54) is 12.8 Å². The van der Waals surface area contributed by atoms with Crippen LogP contribution in [0.15, 0.2) is 0 Å². The van der Waals surface area contributed by atoms with Gasteiger partial charge in [-0.3, -0.25) is 9.59 Å². The third-order valence-corrected chi connectivity index (χ3v) is 7.68. The monoisotopic (exact) mass is 722 g/mol. The Kier molecular flexibility index (Phi) is 13.2. The van der Waals surface area contributed by atoms with Crippen LogP contribution in [0.2, 0.25) is 0 Å². The van der Waals surface area contributed by atoms with Crippen LogP contribution in [0, 0.1) is 47.3 Å². The van der Waals surface area contributed by atoms with Crippen molar-refractivity contribution in [2.75, 3.05) is 0 Å². The van der Waals surface area contributed by atoms with Crippen LogP contribution in [0.3, 0.4) is 0 Å². The van der Waals surface area contributed by atoms with E-state index in [1.54, 1.807) is 0 Å². The van der Waals surface area contributed by atoms with E-state index in [0.29, 0.717) is 39.1 Å². The van der Waals surface area contributed by atoms with Crippen molar-refractivity contribution < 1.29 is 52.2 Å². The van der Waals surface area contributed by atoms with E-state index in [1.807, 2.05) is 13.8 Å². The Bertz CT molecular complexity index is 534. The molecule has 10 atom stereocenters. The fourth-order valence-corrected chi connectivity index (χ4v) is 5.70. The summed E-state index contributed by atoms with van der Waals surface area (Å²) in [5.41, 5.74) is 0. The molecule has 1 N–H and O–H groups in total. The van der Waals surface area contributed by atoms with E-state index in [-0.39, 0.29) is 54.4 Å². The Balaban J connectivity index is 0.000000258. The Hall–Kier alpha value is 1.53. The maximum atomic E-state index is 11.6. The zero-order chi connectivity index (χ0) is 21.9. The minimum atomic E-state index is -0.876. The Morgan fingerprint density at radius 3 is 1.67 bits per heavy atom. The summed E-state index contributed by atoms with van der Waals surface area (Å²) in [5, 5.41) is 9.44. The zero-order valence-electron chi connectivity index (χ0n) is 18.3. The zero-order valence-corrected chi connectivity index (χ0v) is 25.4. The first-order chi connectivity index (χ1) is 13.6. The van der Waals surface area contributed by atoms with Crippen LogP contribution >= 0.6 is 40.0 Å². The van der Waals surface area contributed by atoms with Crippen molar-refractivity contribution in [3.63, 3.8) is 0 Å². The summed E-state index contributed by atoms with van der Waals surface area (Å²) in [4.78, 5) is 23.1. The van der Waals surface area contributed by atoms with Gasteiger partial charge in [0.15, 0.2) is 0 Å². The number of hydrogen-bond donors (Lipinski definition) is 1. The van der Waals surface area contributed by atoms with E-state index < -0.39 is 6.29 Å². The molecule has 2 aliphatic carbocycles. The second-order valence-corrected chi connectivity index (χ2v) is 21.0. The van der Waals surface area contributed by atoms with Crippen molar-refractivity contribution in [3.05, 3.63) is 0 Å². The number of hydrogen-bond acceptors (Lipinski definition) is 5. The summed E-state index contributed by atoms with van der Waals surface area (Å²) in [6.45, 7) is 10.5. The van der Waals surface area contributed by atoms with Crippen molar-refractivity contribution in [2.45, 2.75) is 72.7 Å². The number of aliphatic hydroxyl groups excluding tert-OH is 1. The number of rotatable bonds is 0. The van der Waals surface area contributed by atoms with E-state index in [0.717, 1.165) is 12.8 Å². The first kappa shape index (κ1) is 29.6. The number of ether oxygens (including phenoxy) is 2. The average Bonchev–Trinajstić information content (AvgIpc) is 3.23. The molecule has 0 spiro atoms. The van der Waals surface area contributed by atoms with Gasteiger partial charge < -0.3 is 14.6 Å². The molecule has 0 bridgehead atoms. The van der Waals surface area contributed by atoms with E-state index in [9.17, 15) is 14.7 Å². The number of aliphatic hydroxyl groups is 1. The predicted molar refractivity (Wildman–Crippen MR) is 125 cm³/mol. The third-order valence-electron chi connectivity index (χ3n) is 7.68. The summed E-state index contributed by atoms with van der Waals surface area (Å²) in [7, 11) is 0.628. The molecule has 2 aliphatic heterocycles.